The van der Waals surface area contributed by atoms with E-state index in [-0.39, 0.29) is 11.9 Å². The van der Waals surface area contributed by atoms with Crippen molar-refractivity contribution in [1.82, 2.24) is 16.2 Å². The molecule has 114 valence electrons. The molecule has 1 aliphatic heterocycles. The van der Waals surface area contributed by atoms with Gasteiger partial charge in [0.25, 0.3) is 0 Å². The first-order valence-corrected chi connectivity index (χ1v) is 8.11. The van der Waals surface area contributed by atoms with E-state index in [0.717, 1.165) is 18.8 Å². The van der Waals surface area contributed by atoms with Crippen LogP contribution in [0.4, 0.5) is 0 Å². The third-order valence-corrected chi connectivity index (χ3v) is 4.73. The van der Waals surface area contributed by atoms with E-state index in [0.29, 0.717) is 18.5 Å². The third-order valence-electron chi connectivity index (χ3n) is 4.73. The van der Waals surface area contributed by atoms with Gasteiger partial charge in [-0.1, -0.05) is 37.3 Å². The first-order valence-electron chi connectivity index (χ1n) is 8.11. The van der Waals surface area contributed by atoms with Gasteiger partial charge in [0.05, 0.1) is 0 Å². The van der Waals surface area contributed by atoms with Gasteiger partial charge in [-0.3, -0.25) is 10.2 Å². The molecular formula is C17H25N3O. The van der Waals surface area contributed by atoms with E-state index in [1.807, 2.05) is 6.07 Å². The number of amides is 1. The van der Waals surface area contributed by atoms with Crippen LogP contribution >= 0.6 is 0 Å². The van der Waals surface area contributed by atoms with Gasteiger partial charge < -0.3 is 5.32 Å². The topological polar surface area (TPSA) is 53.2 Å². The van der Waals surface area contributed by atoms with E-state index in [2.05, 4.69) is 47.4 Å². The highest BCUT2D eigenvalue weighted by Crippen LogP contribution is 2.35. The van der Waals surface area contributed by atoms with Gasteiger partial charge in [-0.25, -0.2) is 5.43 Å². The quantitative estimate of drug-likeness (QED) is 0.749. The van der Waals surface area contributed by atoms with E-state index in [1.165, 1.54) is 18.4 Å². The molecule has 1 aromatic rings. The van der Waals surface area contributed by atoms with Crippen LogP contribution in [0.5, 0.6) is 0 Å². The van der Waals surface area contributed by atoms with Crippen LogP contribution in [-0.4, -0.2) is 24.5 Å². The summed E-state index contributed by atoms with van der Waals surface area (Å²) in [6.45, 7) is 2.88. The molecule has 0 spiro atoms. The minimum absolute atomic E-state index is 0.0797. The van der Waals surface area contributed by atoms with Crippen molar-refractivity contribution < 1.29 is 4.79 Å². The average molecular weight is 287 g/mol. The van der Waals surface area contributed by atoms with Crippen LogP contribution in [0.1, 0.15) is 44.1 Å². The number of hydrogen-bond acceptors (Lipinski definition) is 3. The van der Waals surface area contributed by atoms with Crippen molar-refractivity contribution in [2.24, 2.45) is 5.92 Å². The molecular weight excluding hydrogens is 262 g/mol. The molecule has 3 unspecified atom stereocenters. The van der Waals surface area contributed by atoms with Crippen LogP contribution in [0.25, 0.3) is 0 Å². The molecule has 1 saturated heterocycles. The lowest BCUT2D eigenvalue weighted by Crippen LogP contribution is -2.44. The first kappa shape index (κ1) is 14.5. The summed E-state index contributed by atoms with van der Waals surface area (Å²) in [5.74, 6) is 1.30. The Kier molecular flexibility index (Phi) is 4.56. The standard InChI is InChI=1S/C17H25N3O/c1-2-12(13-6-4-3-5-7-13)11-18-17(21)16-10-15(19-20-16)14-8-9-14/h3-7,12,14-16,19-20H,2,8-11H2,1H3,(H,18,21). The molecule has 0 radical (unpaired) electrons. The van der Waals surface area contributed by atoms with E-state index in [4.69, 9.17) is 0 Å². The maximum Gasteiger partial charge on any atom is 0.238 e. The molecule has 0 aromatic heterocycles. The predicted octanol–water partition coefficient (Wildman–Crippen LogP) is 1.94. The molecule has 1 aromatic carbocycles. The highest BCUT2D eigenvalue weighted by atomic mass is 16.2. The molecule has 2 aliphatic rings. The second-order valence-electron chi connectivity index (χ2n) is 6.28. The summed E-state index contributed by atoms with van der Waals surface area (Å²) >= 11 is 0. The first-order chi connectivity index (χ1) is 10.3. The number of carbonyl (C=O) groups is 1. The van der Waals surface area contributed by atoms with Gasteiger partial charge >= 0.3 is 0 Å². The summed E-state index contributed by atoms with van der Waals surface area (Å²) in [7, 11) is 0. The molecule has 1 heterocycles. The molecule has 0 bridgehead atoms. The fraction of sp³-hybridized carbons (Fsp3) is 0.588. The highest BCUT2D eigenvalue weighted by Gasteiger charge is 2.38. The lowest BCUT2D eigenvalue weighted by molar-refractivity contribution is -0.122. The van der Waals surface area contributed by atoms with Crippen LogP contribution in [0.2, 0.25) is 0 Å². The Labute approximate surface area is 126 Å². The molecule has 3 N–H and O–H groups in total. The fourth-order valence-electron chi connectivity index (χ4n) is 3.13. The molecule has 1 aliphatic carbocycles. The van der Waals surface area contributed by atoms with Crippen LogP contribution in [-0.2, 0) is 4.79 Å². The van der Waals surface area contributed by atoms with Crippen molar-refractivity contribution in [3.05, 3.63) is 35.9 Å². The van der Waals surface area contributed by atoms with E-state index in [9.17, 15) is 4.79 Å². The number of hydrazine groups is 1. The Morgan fingerprint density at radius 1 is 1.29 bits per heavy atom. The number of benzene rings is 1. The molecule has 1 saturated carbocycles. The average Bonchev–Trinajstić information content (AvgIpc) is 3.26. The minimum Gasteiger partial charge on any atom is -0.354 e. The van der Waals surface area contributed by atoms with Gasteiger partial charge in [0.1, 0.15) is 6.04 Å². The van der Waals surface area contributed by atoms with Crippen LogP contribution < -0.4 is 16.2 Å². The van der Waals surface area contributed by atoms with Crippen molar-refractivity contribution in [3.8, 4) is 0 Å². The molecule has 3 atom stereocenters. The number of carbonyl (C=O) groups excluding carboxylic acids is 1. The summed E-state index contributed by atoms with van der Waals surface area (Å²) < 4.78 is 0. The van der Waals surface area contributed by atoms with Crippen LogP contribution in [0.3, 0.4) is 0 Å². The zero-order valence-corrected chi connectivity index (χ0v) is 12.6. The second kappa shape index (κ2) is 6.58. The normalized spacial score (nSPS) is 26.5. The monoisotopic (exact) mass is 287 g/mol. The molecule has 21 heavy (non-hydrogen) atoms. The second-order valence-corrected chi connectivity index (χ2v) is 6.28. The minimum atomic E-state index is -0.0797. The smallest absolute Gasteiger partial charge is 0.238 e. The fourth-order valence-corrected chi connectivity index (χ4v) is 3.13. The van der Waals surface area contributed by atoms with Crippen LogP contribution in [0.15, 0.2) is 30.3 Å². The Morgan fingerprint density at radius 3 is 2.71 bits per heavy atom. The van der Waals surface area contributed by atoms with Crippen molar-refractivity contribution in [3.63, 3.8) is 0 Å². The van der Waals surface area contributed by atoms with E-state index >= 15 is 0 Å². The van der Waals surface area contributed by atoms with Gasteiger partial charge in [0.2, 0.25) is 5.91 Å². The molecule has 1 amide bonds. The number of rotatable bonds is 6. The van der Waals surface area contributed by atoms with Gasteiger partial charge in [0.15, 0.2) is 0 Å². The van der Waals surface area contributed by atoms with Gasteiger partial charge in [-0.2, -0.15) is 0 Å². The zero-order valence-electron chi connectivity index (χ0n) is 12.6. The van der Waals surface area contributed by atoms with Crippen LogP contribution in [0, 0.1) is 5.92 Å². The van der Waals surface area contributed by atoms with Gasteiger partial charge in [-0.15, -0.1) is 0 Å². The Balaban J connectivity index is 1.48. The van der Waals surface area contributed by atoms with Crippen molar-refractivity contribution in [2.75, 3.05) is 6.54 Å². The molecule has 4 heteroatoms. The number of hydrogen-bond donors (Lipinski definition) is 3. The summed E-state index contributed by atoms with van der Waals surface area (Å²) in [5.41, 5.74) is 7.72. The lowest BCUT2D eigenvalue weighted by Gasteiger charge is -2.18. The Morgan fingerprint density at radius 2 is 2.05 bits per heavy atom. The zero-order chi connectivity index (χ0) is 14.7. The van der Waals surface area contributed by atoms with Crippen molar-refractivity contribution in [2.45, 2.75) is 50.6 Å². The SMILES string of the molecule is CCC(CNC(=O)C1CC(C2CC2)NN1)c1ccccc1. The molecule has 2 fully saturated rings. The maximum atomic E-state index is 12.3. The van der Waals surface area contributed by atoms with E-state index in [1.54, 1.807) is 0 Å². The summed E-state index contributed by atoms with van der Waals surface area (Å²) in [6, 6.07) is 10.8. The van der Waals surface area contributed by atoms with Gasteiger partial charge in [0, 0.05) is 18.5 Å². The number of nitrogens with one attached hydrogen (secondary N) is 3. The highest BCUT2D eigenvalue weighted by molar-refractivity contribution is 5.82. The molecule has 4 nitrogen and oxygen atoms in total. The Hall–Kier alpha value is -1.39. The summed E-state index contributed by atoms with van der Waals surface area (Å²) in [6.07, 6.45) is 4.56. The summed E-state index contributed by atoms with van der Waals surface area (Å²) in [4.78, 5) is 12.3. The predicted molar refractivity (Wildman–Crippen MR) is 83.7 cm³/mol. The third kappa shape index (κ3) is 3.63. The Bertz CT molecular complexity index is 472. The van der Waals surface area contributed by atoms with Crippen molar-refractivity contribution in [1.29, 1.82) is 0 Å². The summed E-state index contributed by atoms with van der Waals surface area (Å²) in [5, 5.41) is 3.11. The molecule has 3 rings (SSSR count). The van der Waals surface area contributed by atoms with Crippen molar-refractivity contribution >= 4 is 5.91 Å². The largest absolute Gasteiger partial charge is 0.354 e. The lowest BCUT2D eigenvalue weighted by atomic mass is 9.96. The van der Waals surface area contributed by atoms with Gasteiger partial charge in [-0.05, 0) is 37.2 Å². The maximum absolute atomic E-state index is 12.3. The van der Waals surface area contributed by atoms with E-state index < -0.39 is 0 Å².